The Labute approximate surface area is 402 Å². The van der Waals surface area contributed by atoms with Crippen molar-refractivity contribution in [1.29, 1.82) is 0 Å². The lowest BCUT2D eigenvalue weighted by Gasteiger charge is -2.46. The highest BCUT2D eigenvalue weighted by Gasteiger charge is 2.51. The summed E-state index contributed by atoms with van der Waals surface area (Å²) in [7, 11) is 0. The number of unbranched alkanes of at least 4 members (excludes halogenated alkanes) is 15. The molecule has 1 amide bonds. The second kappa shape index (κ2) is 39.2. The van der Waals surface area contributed by atoms with Gasteiger partial charge in [-0.25, -0.2) is 0 Å². The molecule has 14 heteroatoms. The van der Waals surface area contributed by atoms with Crippen molar-refractivity contribution in [3.05, 3.63) is 72.9 Å². The van der Waals surface area contributed by atoms with E-state index in [9.17, 15) is 45.6 Å². The van der Waals surface area contributed by atoms with Crippen molar-refractivity contribution in [2.45, 2.75) is 235 Å². The van der Waals surface area contributed by atoms with Crippen LogP contribution in [-0.4, -0.2) is 140 Å². The highest BCUT2D eigenvalue weighted by atomic mass is 16.7. The van der Waals surface area contributed by atoms with Crippen LogP contribution in [0.4, 0.5) is 0 Å². The summed E-state index contributed by atoms with van der Waals surface area (Å²) in [5.74, 6) is -0.275. The Hall–Kier alpha value is -2.57. The lowest BCUT2D eigenvalue weighted by molar-refractivity contribution is -0.359. The lowest BCUT2D eigenvalue weighted by atomic mass is 9.97. The van der Waals surface area contributed by atoms with Gasteiger partial charge in [-0.2, -0.15) is 0 Å². The Morgan fingerprint density at radius 2 is 1.04 bits per heavy atom. The minimum atomic E-state index is -1.80. The van der Waals surface area contributed by atoms with Gasteiger partial charge in [0.2, 0.25) is 5.91 Å². The smallest absolute Gasteiger partial charge is 0.220 e. The molecule has 0 aromatic rings. The molecule has 14 nitrogen and oxygen atoms in total. The first-order chi connectivity index (χ1) is 32.6. The van der Waals surface area contributed by atoms with Gasteiger partial charge in [0, 0.05) is 6.42 Å². The second-order valence-electron chi connectivity index (χ2n) is 17.9. The Morgan fingerprint density at radius 1 is 0.552 bits per heavy atom. The van der Waals surface area contributed by atoms with Crippen LogP contribution in [0, 0.1) is 0 Å². The minimum absolute atomic E-state index is 0.247. The number of hydrogen-bond acceptors (Lipinski definition) is 13. The standard InChI is InChI=1S/C53H91NO13/c1-3-5-7-9-11-13-15-17-19-20-21-23-24-26-28-30-32-34-36-42(57)41(54-45(58)37-35-33-31-29-27-25-22-18-16-14-12-10-8-6-4-2)40-64-52-50(63)48(61)51(44(39-56)66-52)67-53-49(62)47(60)46(59)43(38-55)65-53/h6,8,12,14,18,20-22,26,28,34,36,41-44,46-53,55-57,59-63H,3-5,7,9-11,13,15-17,19,23-25,27,29-33,35,37-40H2,1-2H3,(H,54,58)/b8-6-,14-12-,21-20+,22-18-,28-26+,36-34+. The number of nitrogens with one attached hydrogen (secondary N) is 1. The Kier molecular flexibility index (Phi) is 35.4. The molecule has 2 aliphatic heterocycles. The summed E-state index contributed by atoms with van der Waals surface area (Å²) in [6.45, 7) is 2.61. The van der Waals surface area contributed by atoms with Crippen LogP contribution in [-0.2, 0) is 23.7 Å². The van der Waals surface area contributed by atoms with E-state index in [2.05, 4.69) is 79.9 Å². The zero-order valence-electron chi connectivity index (χ0n) is 40.9. The van der Waals surface area contributed by atoms with E-state index in [4.69, 9.17) is 18.9 Å². The van der Waals surface area contributed by atoms with Gasteiger partial charge in [-0.3, -0.25) is 4.79 Å². The Morgan fingerprint density at radius 3 is 1.64 bits per heavy atom. The summed E-state index contributed by atoms with van der Waals surface area (Å²) < 4.78 is 22.7. The molecule has 386 valence electrons. The van der Waals surface area contributed by atoms with Crippen molar-refractivity contribution < 1.29 is 64.6 Å². The average Bonchev–Trinajstić information content (AvgIpc) is 3.32. The van der Waals surface area contributed by atoms with Gasteiger partial charge in [-0.15, -0.1) is 0 Å². The number of carbonyl (C=O) groups excluding carboxylic acids is 1. The fourth-order valence-electron chi connectivity index (χ4n) is 7.92. The average molecular weight is 950 g/mol. The molecule has 2 rings (SSSR count). The number of hydrogen-bond donors (Lipinski definition) is 9. The van der Waals surface area contributed by atoms with Gasteiger partial charge in [0.05, 0.1) is 32.0 Å². The van der Waals surface area contributed by atoms with Crippen LogP contribution < -0.4 is 5.32 Å². The predicted molar refractivity (Wildman–Crippen MR) is 263 cm³/mol. The molecule has 0 aromatic heterocycles. The van der Waals surface area contributed by atoms with E-state index < -0.39 is 86.8 Å². The molecule has 2 fully saturated rings. The monoisotopic (exact) mass is 950 g/mol. The van der Waals surface area contributed by atoms with Gasteiger partial charge in [0.25, 0.3) is 0 Å². The predicted octanol–water partition coefficient (Wildman–Crippen LogP) is 6.82. The zero-order chi connectivity index (χ0) is 48.9. The SMILES string of the molecule is CC/C=C\C/C=C\C/C=C\CCCCCCCC(=O)NC(COC1OC(CO)C(OC2OC(CO)C(O)C(O)C2O)C(O)C1O)C(O)/C=C/CC/C=C/CC/C=C/CCCCCCCCCC. The summed E-state index contributed by atoms with van der Waals surface area (Å²) >= 11 is 0. The molecule has 9 N–H and O–H groups in total. The van der Waals surface area contributed by atoms with E-state index in [0.29, 0.717) is 12.8 Å². The maximum absolute atomic E-state index is 13.2. The summed E-state index contributed by atoms with van der Waals surface area (Å²) in [4.78, 5) is 13.2. The maximum Gasteiger partial charge on any atom is 0.220 e. The normalized spacial score (nSPS) is 27.2. The van der Waals surface area contributed by atoms with Gasteiger partial charge in [-0.1, -0.05) is 151 Å². The Balaban J connectivity index is 1.89. The highest BCUT2D eigenvalue weighted by Crippen LogP contribution is 2.30. The van der Waals surface area contributed by atoms with Crippen molar-refractivity contribution in [2.24, 2.45) is 0 Å². The van der Waals surface area contributed by atoms with Crippen LogP contribution in [0.25, 0.3) is 0 Å². The third-order valence-corrected chi connectivity index (χ3v) is 12.1. The van der Waals surface area contributed by atoms with Crippen molar-refractivity contribution in [3.8, 4) is 0 Å². The number of aliphatic hydroxyl groups is 8. The van der Waals surface area contributed by atoms with Crippen molar-refractivity contribution in [1.82, 2.24) is 5.32 Å². The molecule has 0 aliphatic carbocycles. The molecule has 2 heterocycles. The van der Waals surface area contributed by atoms with Crippen LogP contribution >= 0.6 is 0 Å². The van der Waals surface area contributed by atoms with E-state index in [1.807, 2.05) is 6.08 Å². The molecule has 2 saturated heterocycles. The molecule has 12 atom stereocenters. The molecule has 0 aromatic carbocycles. The van der Waals surface area contributed by atoms with Crippen molar-refractivity contribution in [3.63, 3.8) is 0 Å². The molecular formula is C53H91NO13. The fraction of sp³-hybridized carbons (Fsp3) is 0.755. The molecule has 67 heavy (non-hydrogen) atoms. The largest absolute Gasteiger partial charge is 0.394 e. The third-order valence-electron chi connectivity index (χ3n) is 12.1. The van der Waals surface area contributed by atoms with E-state index in [1.54, 1.807) is 6.08 Å². The molecular weight excluding hydrogens is 859 g/mol. The van der Waals surface area contributed by atoms with E-state index in [0.717, 1.165) is 77.0 Å². The maximum atomic E-state index is 13.2. The molecule has 2 aliphatic rings. The van der Waals surface area contributed by atoms with E-state index in [1.165, 1.54) is 51.4 Å². The first-order valence-corrected chi connectivity index (χ1v) is 25.7. The van der Waals surface area contributed by atoms with Crippen LogP contribution in [0.3, 0.4) is 0 Å². The molecule has 0 bridgehead atoms. The molecule has 0 radical (unpaired) electrons. The van der Waals surface area contributed by atoms with Gasteiger partial charge < -0.3 is 65.1 Å². The first-order valence-electron chi connectivity index (χ1n) is 25.7. The number of ether oxygens (including phenoxy) is 4. The number of aliphatic hydroxyl groups excluding tert-OH is 8. The topological polar surface area (TPSA) is 228 Å². The zero-order valence-corrected chi connectivity index (χ0v) is 40.9. The summed E-state index contributed by atoms with van der Waals surface area (Å²) in [5.41, 5.74) is 0. The number of carbonyl (C=O) groups is 1. The fourth-order valence-corrected chi connectivity index (χ4v) is 7.92. The molecule has 12 unspecified atom stereocenters. The lowest BCUT2D eigenvalue weighted by Crippen LogP contribution is -2.65. The van der Waals surface area contributed by atoms with Gasteiger partial charge in [-0.05, 0) is 77.0 Å². The van der Waals surface area contributed by atoms with Crippen LogP contribution in [0.15, 0.2) is 72.9 Å². The quantitative estimate of drug-likeness (QED) is 0.0229. The van der Waals surface area contributed by atoms with E-state index in [-0.39, 0.29) is 18.9 Å². The van der Waals surface area contributed by atoms with Crippen LogP contribution in [0.1, 0.15) is 162 Å². The molecule has 0 saturated carbocycles. The van der Waals surface area contributed by atoms with Crippen LogP contribution in [0.2, 0.25) is 0 Å². The molecule has 0 spiro atoms. The minimum Gasteiger partial charge on any atom is -0.394 e. The van der Waals surface area contributed by atoms with Gasteiger partial charge in [0.15, 0.2) is 12.6 Å². The number of allylic oxidation sites excluding steroid dienone is 11. The summed E-state index contributed by atoms with van der Waals surface area (Å²) in [5, 5.41) is 86.7. The second-order valence-corrected chi connectivity index (χ2v) is 17.9. The number of rotatable bonds is 38. The first kappa shape index (κ1) is 60.6. The van der Waals surface area contributed by atoms with E-state index >= 15 is 0 Å². The summed E-state index contributed by atoms with van der Waals surface area (Å²) in [6.07, 6.45) is 32.3. The van der Waals surface area contributed by atoms with Gasteiger partial charge in [0.1, 0.15) is 48.8 Å². The third kappa shape index (κ3) is 26.3. The Bertz CT molecular complexity index is 1400. The van der Waals surface area contributed by atoms with Gasteiger partial charge >= 0.3 is 0 Å². The van der Waals surface area contributed by atoms with Crippen LogP contribution in [0.5, 0.6) is 0 Å². The number of amides is 1. The van der Waals surface area contributed by atoms with Crippen molar-refractivity contribution >= 4 is 5.91 Å². The van der Waals surface area contributed by atoms with Crippen molar-refractivity contribution in [2.75, 3.05) is 19.8 Å². The summed E-state index contributed by atoms with van der Waals surface area (Å²) in [6, 6.07) is -0.949. The highest BCUT2D eigenvalue weighted by molar-refractivity contribution is 5.76.